The summed E-state index contributed by atoms with van der Waals surface area (Å²) in [5.74, 6) is -0.473. The molecule has 1 aromatic carbocycles. The van der Waals surface area contributed by atoms with Gasteiger partial charge in [0.1, 0.15) is 5.54 Å². The molecule has 35 heavy (non-hydrogen) atoms. The maximum atomic E-state index is 13.2. The fourth-order valence-electron chi connectivity index (χ4n) is 3.87. The van der Waals surface area contributed by atoms with Crippen molar-refractivity contribution in [2.45, 2.75) is 57.7 Å². The van der Waals surface area contributed by atoms with E-state index < -0.39 is 23.6 Å². The number of methoxy groups -OCH3 is 1. The Morgan fingerprint density at radius 3 is 2.57 bits per heavy atom. The first-order chi connectivity index (χ1) is 16.8. The van der Waals surface area contributed by atoms with Gasteiger partial charge in [0.05, 0.1) is 19.2 Å². The van der Waals surface area contributed by atoms with Crippen LogP contribution in [0, 0.1) is 17.2 Å². The van der Waals surface area contributed by atoms with E-state index in [2.05, 4.69) is 22.0 Å². The van der Waals surface area contributed by atoms with E-state index in [1.807, 2.05) is 44.2 Å². The van der Waals surface area contributed by atoms with Crippen molar-refractivity contribution >= 4 is 18.0 Å². The molecule has 1 saturated heterocycles. The molecular formula is C25H37N5O5. The summed E-state index contributed by atoms with van der Waals surface area (Å²) in [6, 6.07) is 11.3. The highest BCUT2D eigenvalue weighted by molar-refractivity contribution is 5.84. The lowest BCUT2D eigenvalue weighted by molar-refractivity contribution is -0.132. The van der Waals surface area contributed by atoms with Gasteiger partial charge in [0.15, 0.2) is 6.10 Å². The van der Waals surface area contributed by atoms with Crippen LogP contribution in [0.3, 0.4) is 0 Å². The van der Waals surface area contributed by atoms with Gasteiger partial charge in [-0.1, -0.05) is 44.2 Å². The van der Waals surface area contributed by atoms with Crippen LogP contribution < -0.4 is 16.0 Å². The summed E-state index contributed by atoms with van der Waals surface area (Å²) < 4.78 is 10.4. The van der Waals surface area contributed by atoms with E-state index in [4.69, 9.17) is 9.47 Å². The highest BCUT2D eigenvalue weighted by atomic mass is 16.6. The summed E-state index contributed by atoms with van der Waals surface area (Å²) in [7, 11) is 1.55. The van der Waals surface area contributed by atoms with Crippen molar-refractivity contribution in [2.75, 3.05) is 33.4 Å². The molecule has 0 radical (unpaired) electrons. The minimum atomic E-state index is -1.27. The fraction of sp³-hybridized carbons (Fsp3) is 0.600. The van der Waals surface area contributed by atoms with E-state index in [-0.39, 0.29) is 25.0 Å². The lowest BCUT2D eigenvalue weighted by atomic mass is 9.94. The number of carbonyl (C=O) groups is 3. The number of nitriles is 1. The lowest BCUT2D eigenvalue weighted by Gasteiger charge is -2.32. The lowest BCUT2D eigenvalue weighted by Crippen LogP contribution is -2.58. The first-order valence-electron chi connectivity index (χ1n) is 12.0. The second kappa shape index (κ2) is 14.2. The van der Waals surface area contributed by atoms with Crippen molar-refractivity contribution in [3.63, 3.8) is 0 Å². The summed E-state index contributed by atoms with van der Waals surface area (Å²) in [4.78, 5) is 39.8. The molecule has 0 aliphatic carbocycles. The highest BCUT2D eigenvalue weighted by Crippen LogP contribution is 2.22. The Kier molecular flexibility index (Phi) is 11.3. The molecule has 4 amide bonds. The molecule has 3 N–H and O–H groups in total. The summed E-state index contributed by atoms with van der Waals surface area (Å²) in [6.07, 6.45) is 0.302. The van der Waals surface area contributed by atoms with Gasteiger partial charge in [0.2, 0.25) is 0 Å². The van der Waals surface area contributed by atoms with Crippen LogP contribution >= 0.6 is 0 Å². The van der Waals surface area contributed by atoms with E-state index in [0.29, 0.717) is 45.4 Å². The van der Waals surface area contributed by atoms with Crippen molar-refractivity contribution in [3.8, 4) is 6.07 Å². The maximum absolute atomic E-state index is 13.2. The van der Waals surface area contributed by atoms with E-state index in [0.717, 1.165) is 5.56 Å². The Labute approximate surface area is 207 Å². The molecule has 1 heterocycles. The minimum absolute atomic E-state index is 0.0443. The van der Waals surface area contributed by atoms with Crippen LogP contribution in [0.25, 0.3) is 0 Å². The molecule has 0 aromatic heterocycles. The molecule has 0 saturated carbocycles. The largest absolute Gasteiger partial charge is 0.436 e. The second-order valence-electron chi connectivity index (χ2n) is 9.15. The zero-order chi connectivity index (χ0) is 25.7. The number of alkyl carbamates (subject to hydrolysis) is 1. The van der Waals surface area contributed by atoms with E-state index in [1.165, 1.54) is 4.90 Å². The quantitative estimate of drug-likeness (QED) is 0.435. The molecule has 1 aliphatic rings. The third kappa shape index (κ3) is 9.45. The van der Waals surface area contributed by atoms with E-state index >= 15 is 0 Å². The van der Waals surface area contributed by atoms with Gasteiger partial charge in [-0.05, 0) is 37.2 Å². The number of benzene rings is 1. The number of rotatable bonds is 10. The molecule has 2 atom stereocenters. The normalized spacial score (nSPS) is 18.7. The topological polar surface area (TPSA) is 133 Å². The average Bonchev–Trinajstić information content (AvgIpc) is 3.06. The number of carbonyl (C=O) groups excluding carboxylic acids is 3. The monoisotopic (exact) mass is 487 g/mol. The second-order valence-corrected chi connectivity index (χ2v) is 9.15. The number of hydrogen-bond acceptors (Lipinski definition) is 6. The standard InChI is InChI=1S/C25H37N5O5/c1-19(2)15-21(35-24(33)28-16-20-9-5-4-6-10-20)22(31)29-25(17-26)11-7-8-13-30(18-25)23(32)27-12-14-34-3/h4-6,9-10,19,21H,7-8,11-16,18H2,1-3H3,(H,27,32)(H,28,33)(H,29,31). The molecule has 10 nitrogen and oxygen atoms in total. The van der Waals surface area contributed by atoms with Gasteiger partial charge in [-0.25, -0.2) is 9.59 Å². The first-order valence-corrected chi connectivity index (χ1v) is 12.0. The first kappa shape index (κ1) is 27.9. The number of amides is 4. The third-order valence-corrected chi connectivity index (χ3v) is 5.70. The Morgan fingerprint density at radius 2 is 1.91 bits per heavy atom. The number of likely N-dealkylation sites (tertiary alicyclic amines) is 1. The number of nitrogens with zero attached hydrogens (tertiary/aromatic N) is 2. The molecule has 2 unspecified atom stereocenters. The Morgan fingerprint density at radius 1 is 1.17 bits per heavy atom. The summed E-state index contributed by atoms with van der Waals surface area (Å²) in [6.45, 7) is 5.35. The highest BCUT2D eigenvalue weighted by Gasteiger charge is 2.39. The van der Waals surface area contributed by atoms with Crippen LogP contribution in [-0.4, -0.2) is 67.9 Å². The molecule has 0 bridgehead atoms. The van der Waals surface area contributed by atoms with Crippen molar-refractivity contribution in [3.05, 3.63) is 35.9 Å². The fourth-order valence-corrected chi connectivity index (χ4v) is 3.87. The molecule has 192 valence electrons. The Bertz CT molecular complexity index is 873. The van der Waals surface area contributed by atoms with Crippen LogP contribution in [-0.2, 0) is 20.8 Å². The maximum Gasteiger partial charge on any atom is 0.408 e. The average molecular weight is 488 g/mol. The van der Waals surface area contributed by atoms with E-state index in [1.54, 1.807) is 7.11 Å². The summed E-state index contributed by atoms with van der Waals surface area (Å²) in [5, 5.41) is 18.3. The molecule has 2 rings (SSSR count). The van der Waals surface area contributed by atoms with Crippen LogP contribution in [0.1, 0.15) is 45.1 Å². The number of urea groups is 1. The van der Waals surface area contributed by atoms with Gasteiger partial charge < -0.3 is 30.3 Å². The van der Waals surface area contributed by atoms with Gasteiger partial charge >= 0.3 is 12.1 Å². The van der Waals surface area contributed by atoms with Gasteiger partial charge in [-0.15, -0.1) is 0 Å². The molecule has 1 fully saturated rings. The SMILES string of the molecule is COCCNC(=O)N1CCCCC(C#N)(NC(=O)C(CC(C)C)OC(=O)NCc2ccccc2)C1. The van der Waals surface area contributed by atoms with Gasteiger partial charge in [0.25, 0.3) is 5.91 Å². The Balaban J connectivity index is 2.05. The zero-order valence-electron chi connectivity index (χ0n) is 20.8. The molecule has 10 heteroatoms. The van der Waals surface area contributed by atoms with Gasteiger partial charge in [-0.3, -0.25) is 4.79 Å². The summed E-state index contributed by atoms with van der Waals surface area (Å²) in [5.41, 5.74) is -0.370. The van der Waals surface area contributed by atoms with Crippen LogP contribution in [0.5, 0.6) is 0 Å². The zero-order valence-corrected chi connectivity index (χ0v) is 20.8. The number of nitrogens with one attached hydrogen (secondary N) is 3. The number of ether oxygens (including phenoxy) is 2. The van der Waals surface area contributed by atoms with Crippen molar-refractivity contribution in [2.24, 2.45) is 5.92 Å². The smallest absolute Gasteiger partial charge is 0.408 e. The Hall–Kier alpha value is -3.32. The van der Waals surface area contributed by atoms with Crippen molar-refractivity contribution in [1.29, 1.82) is 5.26 Å². The molecule has 0 spiro atoms. The van der Waals surface area contributed by atoms with Crippen molar-refractivity contribution < 1.29 is 23.9 Å². The molecular weight excluding hydrogens is 450 g/mol. The van der Waals surface area contributed by atoms with Crippen LogP contribution in [0.4, 0.5) is 9.59 Å². The molecule has 1 aromatic rings. The van der Waals surface area contributed by atoms with Gasteiger partial charge in [0, 0.05) is 26.7 Å². The minimum Gasteiger partial charge on any atom is -0.436 e. The van der Waals surface area contributed by atoms with Gasteiger partial charge in [-0.2, -0.15) is 5.26 Å². The van der Waals surface area contributed by atoms with Crippen LogP contribution in [0.15, 0.2) is 30.3 Å². The summed E-state index contributed by atoms with van der Waals surface area (Å²) >= 11 is 0. The third-order valence-electron chi connectivity index (χ3n) is 5.70. The molecule has 1 aliphatic heterocycles. The van der Waals surface area contributed by atoms with E-state index in [9.17, 15) is 19.6 Å². The van der Waals surface area contributed by atoms with Crippen LogP contribution in [0.2, 0.25) is 0 Å². The number of hydrogen-bond donors (Lipinski definition) is 3. The van der Waals surface area contributed by atoms with Crippen molar-refractivity contribution in [1.82, 2.24) is 20.9 Å². The predicted molar refractivity (Wildman–Crippen MR) is 130 cm³/mol. The predicted octanol–water partition coefficient (Wildman–Crippen LogP) is 2.55.